The van der Waals surface area contributed by atoms with E-state index in [0.717, 1.165) is 25.7 Å². The first-order chi connectivity index (χ1) is 10.1. The molecule has 122 valence electrons. The number of carbonyl (C=O) groups excluding carboxylic acids is 1. The third kappa shape index (κ3) is 7.29. The van der Waals surface area contributed by atoms with Crippen LogP contribution in [0, 0.1) is 0 Å². The van der Waals surface area contributed by atoms with Crippen LogP contribution in [0.5, 0.6) is 0 Å². The van der Waals surface area contributed by atoms with Crippen LogP contribution < -0.4 is 10.6 Å². The molecule has 0 aromatic carbocycles. The van der Waals surface area contributed by atoms with Crippen LogP contribution in [-0.2, 0) is 14.3 Å². The summed E-state index contributed by atoms with van der Waals surface area (Å²) >= 11 is 0. The molecule has 7 heteroatoms. The summed E-state index contributed by atoms with van der Waals surface area (Å²) in [7, 11) is 1.62. The molecule has 0 aliphatic heterocycles. The van der Waals surface area contributed by atoms with Crippen molar-refractivity contribution >= 4 is 12.0 Å². The van der Waals surface area contributed by atoms with Gasteiger partial charge in [0.15, 0.2) is 0 Å². The Hall–Kier alpha value is -1.34. The second-order valence-corrected chi connectivity index (χ2v) is 5.40. The van der Waals surface area contributed by atoms with E-state index in [-0.39, 0.29) is 12.5 Å². The number of ether oxygens (including phenoxy) is 2. The Bertz CT molecular complexity index is 329. The molecule has 0 aromatic rings. The molecule has 1 aliphatic rings. The fraction of sp³-hybridized carbons (Fsp3) is 0.857. The monoisotopic (exact) mass is 302 g/mol. The average molecular weight is 302 g/mol. The minimum Gasteiger partial charge on any atom is -0.481 e. The number of nitrogens with one attached hydrogen (secondary N) is 2. The second-order valence-electron chi connectivity index (χ2n) is 5.40. The number of amides is 2. The van der Waals surface area contributed by atoms with Crippen molar-refractivity contribution in [3.8, 4) is 0 Å². The fourth-order valence-corrected chi connectivity index (χ4v) is 2.59. The van der Waals surface area contributed by atoms with Crippen molar-refractivity contribution in [1.29, 1.82) is 0 Å². The minimum absolute atomic E-state index is 0.0133. The van der Waals surface area contributed by atoms with Gasteiger partial charge >= 0.3 is 12.0 Å². The van der Waals surface area contributed by atoms with E-state index in [1.807, 2.05) is 0 Å². The molecule has 0 aromatic heterocycles. The molecule has 0 radical (unpaired) electrons. The van der Waals surface area contributed by atoms with Crippen molar-refractivity contribution in [2.45, 2.75) is 44.1 Å². The Balaban J connectivity index is 2.18. The Morgan fingerprint density at radius 3 is 2.52 bits per heavy atom. The highest BCUT2D eigenvalue weighted by Crippen LogP contribution is 2.32. The Labute approximate surface area is 125 Å². The molecule has 7 nitrogen and oxygen atoms in total. The Kier molecular flexibility index (Phi) is 8.07. The van der Waals surface area contributed by atoms with Crippen LogP contribution in [0.2, 0.25) is 0 Å². The van der Waals surface area contributed by atoms with E-state index in [2.05, 4.69) is 10.6 Å². The maximum atomic E-state index is 11.8. The van der Waals surface area contributed by atoms with Gasteiger partial charge in [-0.1, -0.05) is 12.8 Å². The highest BCUT2D eigenvalue weighted by atomic mass is 16.5. The van der Waals surface area contributed by atoms with Gasteiger partial charge in [-0.2, -0.15) is 0 Å². The number of urea groups is 1. The third-order valence-electron chi connectivity index (χ3n) is 3.61. The first-order valence-electron chi connectivity index (χ1n) is 7.42. The molecule has 2 amide bonds. The van der Waals surface area contributed by atoms with Crippen LogP contribution >= 0.6 is 0 Å². The number of carboxylic acids is 1. The van der Waals surface area contributed by atoms with Crippen LogP contribution in [0.4, 0.5) is 4.79 Å². The second kappa shape index (κ2) is 9.57. The summed E-state index contributed by atoms with van der Waals surface area (Å²) in [6, 6.07) is -0.296. The van der Waals surface area contributed by atoms with Gasteiger partial charge in [0.05, 0.1) is 25.2 Å². The van der Waals surface area contributed by atoms with Gasteiger partial charge in [-0.3, -0.25) is 4.79 Å². The fourth-order valence-electron chi connectivity index (χ4n) is 2.59. The molecule has 1 rings (SSSR count). The molecule has 21 heavy (non-hydrogen) atoms. The van der Waals surface area contributed by atoms with Crippen molar-refractivity contribution in [3.05, 3.63) is 0 Å². The lowest BCUT2D eigenvalue weighted by molar-refractivity contribution is -0.138. The SMILES string of the molecule is COCCOCCCNC(=O)NC1(CC(=O)O)CCCC1. The van der Waals surface area contributed by atoms with Crippen molar-refractivity contribution in [2.75, 3.05) is 33.5 Å². The number of carboxylic acid groups (broad SMARTS) is 1. The van der Waals surface area contributed by atoms with Crippen molar-refractivity contribution in [2.24, 2.45) is 0 Å². The zero-order valence-corrected chi connectivity index (χ0v) is 12.7. The maximum Gasteiger partial charge on any atom is 0.315 e. The molecular weight excluding hydrogens is 276 g/mol. The number of aliphatic carboxylic acids is 1. The number of rotatable bonds is 10. The molecule has 0 saturated heterocycles. The van der Waals surface area contributed by atoms with E-state index < -0.39 is 11.5 Å². The highest BCUT2D eigenvalue weighted by Gasteiger charge is 2.37. The quantitative estimate of drug-likeness (QED) is 0.526. The third-order valence-corrected chi connectivity index (χ3v) is 3.61. The zero-order chi connectivity index (χ0) is 15.6. The van der Waals surface area contributed by atoms with E-state index in [1.165, 1.54) is 0 Å². The summed E-state index contributed by atoms with van der Waals surface area (Å²) in [5, 5.41) is 14.6. The molecular formula is C14H26N2O5. The number of hydrogen-bond donors (Lipinski definition) is 3. The van der Waals surface area contributed by atoms with E-state index in [1.54, 1.807) is 7.11 Å². The topological polar surface area (TPSA) is 96.9 Å². The summed E-state index contributed by atoms with van der Waals surface area (Å²) in [5.74, 6) is -0.872. The Morgan fingerprint density at radius 2 is 1.90 bits per heavy atom. The highest BCUT2D eigenvalue weighted by molar-refractivity contribution is 5.76. The summed E-state index contributed by atoms with van der Waals surface area (Å²) in [5.41, 5.74) is -0.578. The lowest BCUT2D eigenvalue weighted by Gasteiger charge is -2.28. The van der Waals surface area contributed by atoms with Crippen LogP contribution in [-0.4, -0.2) is 56.1 Å². The number of hydrogen-bond acceptors (Lipinski definition) is 4. The molecule has 1 saturated carbocycles. The average Bonchev–Trinajstić information content (AvgIpc) is 2.84. The van der Waals surface area contributed by atoms with Crippen LogP contribution in [0.25, 0.3) is 0 Å². The van der Waals surface area contributed by atoms with Crippen molar-refractivity contribution in [3.63, 3.8) is 0 Å². The largest absolute Gasteiger partial charge is 0.481 e. The molecule has 0 spiro atoms. The van der Waals surface area contributed by atoms with Crippen LogP contribution in [0.15, 0.2) is 0 Å². The summed E-state index contributed by atoms with van der Waals surface area (Å²) in [6.45, 7) is 2.17. The van der Waals surface area contributed by atoms with Crippen molar-refractivity contribution in [1.82, 2.24) is 10.6 Å². The molecule has 0 unspecified atom stereocenters. The van der Waals surface area contributed by atoms with Gasteiger partial charge < -0.3 is 25.2 Å². The van der Waals surface area contributed by atoms with Gasteiger partial charge in [-0.25, -0.2) is 4.79 Å². The zero-order valence-electron chi connectivity index (χ0n) is 12.7. The van der Waals surface area contributed by atoms with Crippen LogP contribution in [0.1, 0.15) is 38.5 Å². The molecule has 1 aliphatic carbocycles. The lowest BCUT2D eigenvalue weighted by atomic mass is 9.93. The van der Waals surface area contributed by atoms with E-state index in [0.29, 0.717) is 32.8 Å². The molecule has 0 bridgehead atoms. The maximum absolute atomic E-state index is 11.8. The van der Waals surface area contributed by atoms with E-state index in [9.17, 15) is 9.59 Å². The van der Waals surface area contributed by atoms with E-state index >= 15 is 0 Å². The number of carbonyl (C=O) groups is 2. The first-order valence-corrected chi connectivity index (χ1v) is 7.42. The van der Waals surface area contributed by atoms with Gasteiger partial charge in [0.2, 0.25) is 0 Å². The summed E-state index contributed by atoms with van der Waals surface area (Å²) in [4.78, 5) is 22.8. The molecule has 0 heterocycles. The molecule has 0 atom stereocenters. The van der Waals surface area contributed by atoms with Gasteiger partial charge in [0.25, 0.3) is 0 Å². The first kappa shape index (κ1) is 17.7. The standard InChI is InChI=1S/C14H26N2O5/c1-20-9-10-21-8-4-7-15-13(19)16-14(11-12(17)18)5-2-3-6-14/h2-11H2,1H3,(H,17,18)(H2,15,16,19). The molecule has 1 fully saturated rings. The predicted molar refractivity (Wildman–Crippen MR) is 77.3 cm³/mol. The van der Waals surface area contributed by atoms with Gasteiger partial charge in [0, 0.05) is 20.3 Å². The Morgan fingerprint density at radius 1 is 1.19 bits per heavy atom. The predicted octanol–water partition coefficient (Wildman–Crippen LogP) is 1.13. The van der Waals surface area contributed by atoms with Gasteiger partial charge in [-0.05, 0) is 19.3 Å². The van der Waals surface area contributed by atoms with Gasteiger partial charge in [0.1, 0.15) is 0 Å². The lowest BCUT2D eigenvalue weighted by Crippen LogP contribution is -2.51. The number of methoxy groups -OCH3 is 1. The minimum atomic E-state index is -0.872. The summed E-state index contributed by atoms with van der Waals surface area (Å²) < 4.78 is 10.1. The smallest absolute Gasteiger partial charge is 0.315 e. The van der Waals surface area contributed by atoms with Crippen LogP contribution in [0.3, 0.4) is 0 Å². The van der Waals surface area contributed by atoms with Gasteiger partial charge in [-0.15, -0.1) is 0 Å². The summed E-state index contributed by atoms with van der Waals surface area (Å²) in [6.07, 6.45) is 4.07. The van der Waals surface area contributed by atoms with Crippen molar-refractivity contribution < 1.29 is 24.2 Å². The molecule has 3 N–H and O–H groups in total. The van der Waals surface area contributed by atoms with E-state index in [4.69, 9.17) is 14.6 Å². The normalized spacial score (nSPS) is 16.6.